The summed E-state index contributed by atoms with van der Waals surface area (Å²) in [5, 5.41) is 0.383. The summed E-state index contributed by atoms with van der Waals surface area (Å²) in [7, 11) is 0. The lowest BCUT2D eigenvalue weighted by molar-refractivity contribution is 0.0444. The Morgan fingerprint density at radius 3 is 2.52 bits per heavy atom. The van der Waals surface area contributed by atoms with E-state index in [1.807, 2.05) is 12.1 Å². The van der Waals surface area contributed by atoms with Gasteiger partial charge in [-0.3, -0.25) is 9.59 Å². The normalized spacial score (nSPS) is 10.7. The van der Waals surface area contributed by atoms with Crippen molar-refractivity contribution >= 4 is 22.7 Å². The first-order chi connectivity index (χ1) is 13.1. The van der Waals surface area contributed by atoms with Gasteiger partial charge in [-0.1, -0.05) is 49.7 Å². The highest BCUT2D eigenvalue weighted by Crippen LogP contribution is 2.13. The molecule has 1 heterocycles. The summed E-state index contributed by atoms with van der Waals surface area (Å²) < 4.78 is 10.4. The van der Waals surface area contributed by atoms with Crippen molar-refractivity contribution in [2.24, 2.45) is 0 Å². The van der Waals surface area contributed by atoms with Crippen LogP contribution < -0.4 is 5.43 Å². The number of unbranched alkanes of at least 4 members (excludes halogenated alkanes) is 1. The molecule has 0 aliphatic carbocycles. The second-order valence-electron chi connectivity index (χ2n) is 6.27. The van der Waals surface area contributed by atoms with Gasteiger partial charge in [-0.05, 0) is 30.5 Å². The number of para-hydroxylation sites is 1. The van der Waals surface area contributed by atoms with Crippen molar-refractivity contribution in [1.29, 1.82) is 0 Å². The molecule has 5 nitrogen and oxygen atoms in total. The molecule has 3 aromatic rings. The molecule has 0 unspecified atom stereocenters. The zero-order valence-corrected chi connectivity index (χ0v) is 15.1. The SMILES string of the molecule is CCCCc1ccc(C(=O)COC(=O)c2cc(=O)c3ccccc3o2)cc1. The Balaban J connectivity index is 1.65. The van der Waals surface area contributed by atoms with Crippen molar-refractivity contribution in [2.75, 3.05) is 6.61 Å². The van der Waals surface area contributed by atoms with E-state index >= 15 is 0 Å². The summed E-state index contributed by atoms with van der Waals surface area (Å²) in [5.41, 5.74) is 1.61. The largest absolute Gasteiger partial charge is 0.451 e. The van der Waals surface area contributed by atoms with Crippen LogP contribution in [0.3, 0.4) is 0 Å². The molecule has 3 rings (SSSR count). The quantitative estimate of drug-likeness (QED) is 0.464. The average Bonchev–Trinajstić information content (AvgIpc) is 2.70. The van der Waals surface area contributed by atoms with Gasteiger partial charge in [-0.2, -0.15) is 0 Å². The number of esters is 1. The lowest BCUT2D eigenvalue weighted by Crippen LogP contribution is -2.16. The molecule has 0 aliphatic rings. The minimum absolute atomic E-state index is 0.221. The van der Waals surface area contributed by atoms with E-state index in [1.165, 1.54) is 5.56 Å². The minimum atomic E-state index is -0.842. The highest BCUT2D eigenvalue weighted by atomic mass is 16.5. The van der Waals surface area contributed by atoms with E-state index in [-0.39, 0.29) is 17.0 Å². The van der Waals surface area contributed by atoms with Crippen molar-refractivity contribution in [3.8, 4) is 0 Å². The van der Waals surface area contributed by atoms with Crippen molar-refractivity contribution < 1.29 is 18.7 Å². The molecule has 1 aromatic heterocycles. The molecule has 0 saturated carbocycles. The van der Waals surface area contributed by atoms with E-state index in [1.54, 1.807) is 36.4 Å². The van der Waals surface area contributed by atoms with Gasteiger partial charge in [0.15, 0.2) is 17.8 Å². The molecule has 0 saturated heterocycles. The van der Waals surface area contributed by atoms with Gasteiger partial charge in [0.05, 0.1) is 5.39 Å². The van der Waals surface area contributed by atoms with Gasteiger partial charge < -0.3 is 9.15 Å². The molecular weight excluding hydrogens is 344 g/mol. The van der Waals surface area contributed by atoms with Crippen LogP contribution in [0, 0.1) is 0 Å². The van der Waals surface area contributed by atoms with E-state index in [9.17, 15) is 14.4 Å². The van der Waals surface area contributed by atoms with Crippen molar-refractivity contribution in [2.45, 2.75) is 26.2 Å². The van der Waals surface area contributed by atoms with Crippen LogP contribution in [0.4, 0.5) is 0 Å². The maximum atomic E-state index is 12.2. The number of aryl methyl sites for hydroxylation is 1. The number of carbonyl (C=O) groups excluding carboxylic acids is 2. The van der Waals surface area contributed by atoms with Crippen LogP contribution in [0.5, 0.6) is 0 Å². The van der Waals surface area contributed by atoms with E-state index in [4.69, 9.17) is 9.15 Å². The fraction of sp³-hybridized carbons (Fsp3) is 0.227. The number of hydrogen-bond acceptors (Lipinski definition) is 5. The highest BCUT2D eigenvalue weighted by Gasteiger charge is 2.16. The van der Waals surface area contributed by atoms with E-state index in [0.29, 0.717) is 16.5 Å². The minimum Gasteiger partial charge on any atom is -0.451 e. The Bertz CT molecular complexity index is 1010. The molecule has 138 valence electrons. The van der Waals surface area contributed by atoms with Gasteiger partial charge in [0, 0.05) is 11.6 Å². The third-order valence-electron chi connectivity index (χ3n) is 4.27. The third-order valence-corrected chi connectivity index (χ3v) is 4.27. The van der Waals surface area contributed by atoms with Crippen molar-refractivity contribution in [3.63, 3.8) is 0 Å². The molecule has 0 atom stereocenters. The highest BCUT2D eigenvalue weighted by molar-refractivity contribution is 5.99. The van der Waals surface area contributed by atoms with Gasteiger partial charge in [0.25, 0.3) is 0 Å². The van der Waals surface area contributed by atoms with Crippen LogP contribution in [-0.4, -0.2) is 18.4 Å². The Morgan fingerprint density at radius 2 is 1.78 bits per heavy atom. The molecule has 27 heavy (non-hydrogen) atoms. The first-order valence-corrected chi connectivity index (χ1v) is 8.90. The number of carbonyl (C=O) groups is 2. The Labute approximate surface area is 156 Å². The Kier molecular flexibility index (Phi) is 5.81. The number of Topliss-reactive ketones (excluding diaryl/α,β-unsaturated/α-hetero) is 1. The summed E-state index contributed by atoms with van der Waals surface area (Å²) >= 11 is 0. The lowest BCUT2D eigenvalue weighted by atomic mass is 10.0. The first-order valence-electron chi connectivity index (χ1n) is 8.90. The molecule has 0 radical (unpaired) electrons. The fourth-order valence-electron chi connectivity index (χ4n) is 2.73. The third kappa shape index (κ3) is 4.50. The molecular formula is C22H20O5. The number of rotatable bonds is 7. The number of fused-ring (bicyclic) bond motifs is 1. The standard InChI is InChI=1S/C22H20O5/c1-2-3-6-15-9-11-16(12-10-15)19(24)14-26-22(25)21-13-18(23)17-7-4-5-8-20(17)27-21/h4-5,7-13H,2-3,6,14H2,1H3. The van der Waals surface area contributed by atoms with Gasteiger partial charge in [0.2, 0.25) is 5.76 Å². The summed E-state index contributed by atoms with van der Waals surface area (Å²) in [6.45, 7) is 1.72. The summed E-state index contributed by atoms with van der Waals surface area (Å²) in [6.07, 6.45) is 3.18. The van der Waals surface area contributed by atoms with Crippen LogP contribution in [-0.2, 0) is 11.2 Å². The predicted octanol–water partition coefficient (Wildman–Crippen LogP) is 4.18. The molecule has 0 amide bonds. The molecule has 0 fully saturated rings. The smallest absolute Gasteiger partial charge is 0.374 e. The predicted molar refractivity (Wildman–Crippen MR) is 102 cm³/mol. The van der Waals surface area contributed by atoms with Crippen LogP contribution >= 0.6 is 0 Å². The van der Waals surface area contributed by atoms with Gasteiger partial charge >= 0.3 is 5.97 Å². The summed E-state index contributed by atoms with van der Waals surface area (Å²) in [4.78, 5) is 36.4. The van der Waals surface area contributed by atoms with Crippen LogP contribution in [0.1, 0.15) is 46.2 Å². The van der Waals surface area contributed by atoms with E-state index < -0.39 is 12.6 Å². The Hall–Kier alpha value is -3.21. The van der Waals surface area contributed by atoms with E-state index in [0.717, 1.165) is 25.3 Å². The molecule has 0 bridgehead atoms. The molecule has 5 heteroatoms. The zero-order chi connectivity index (χ0) is 19.2. The lowest BCUT2D eigenvalue weighted by Gasteiger charge is -2.06. The number of benzene rings is 2. The number of hydrogen-bond donors (Lipinski definition) is 0. The van der Waals surface area contributed by atoms with Crippen LogP contribution in [0.15, 0.2) is 63.8 Å². The second kappa shape index (κ2) is 8.45. The van der Waals surface area contributed by atoms with Gasteiger partial charge in [-0.15, -0.1) is 0 Å². The maximum Gasteiger partial charge on any atom is 0.374 e. The van der Waals surface area contributed by atoms with Crippen molar-refractivity contribution in [1.82, 2.24) is 0 Å². The summed E-state index contributed by atoms with van der Waals surface area (Å²) in [5.74, 6) is -1.37. The number of ether oxygens (including phenoxy) is 1. The number of ketones is 1. The molecule has 2 aromatic carbocycles. The first kappa shape index (κ1) is 18.6. The monoisotopic (exact) mass is 364 g/mol. The molecule has 0 aliphatic heterocycles. The average molecular weight is 364 g/mol. The van der Waals surface area contributed by atoms with Crippen molar-refractivity contribution in [3.05, 3.63) is 81.7 Å². The molecule has 0 spiro atoms. The van der Waals surface area contributed by atoms with Crippen LogP contribution in [0.25, 0.3) is 11.0 Å². The van der Waals surface area contributed by atoms with Gasteiger partial charge in [0.1, 0.15) is 5.58 Å². The fourth-order valence-corrected chi connectivity index (χ4v) is 2.73. The van der Waals surface area contributed by atoms with E-state index in [2.05, 4.69) is 6.92 Å². The van der Waals surface area contributed by atoms with Gasteiger partial charge in [-0.25, -0.2) is 4.79 Å². The zero-order valence-electron chi connectivity index (χ0n) is 15.1. The Morgan fingerprint density at radius 1 is 1.04 bits per heavy atom. The summed E-state index contributed by atoms with van der Waals surface area (Å²) in [6, 6.07) is 15.0. The van der Waals surface area contributed by atoms with Crippen LogP contribution in [0.2, 0.25) is 0 Å². The molecule has 0 N–H and O–H groups in total. The maximum absolute atomic E-state index is 12.2. The topological polar surface area (TPSA) is 73.6 Å². The second-order valence-corrected chi connectivity index (χ2v) is 6.27.